The van der Waals surface area contributed by atoms with Crippen molar-refractivity contribution < 1.29 is 17.2 Å². The van der Waals surface area contributed by atoms with Gasteiger partial charge in [0.2, 0.25) is 10.0 Å². The monoisotopic (exact) mass is 314 g/mol. The van der Waals surface area contributed by atoms with Crippen molar-refractivity contribution in [3.63, 3.8) is 0 Å². The van der Waals surface area contributed by atoms with E-state index in [1.54, 1.807) is 25.1 Å². The maximum Gasteiger partial charge on any atom is 0.273 e. The Balaban J connectivity index is 0.00000324. The number of nitrogens with two attached hydrogens (primary N) is 1. The Morgan fingerprint density at radius 3 is 2.42 bits per heavy atom. The summed E-state index contributed by atoms with van der Waals surface area (Å²) in [5, 5.41) is 0. The number of nitrogens with one attached hydrogen (secondary N) is 1. The van der Waals surface area contributed by atoms with Crippen LogP contribution in [0.3, 0.4) is 0 Å². The van der Waals surface area contributed by atoms with E-state index in [0.29, 0.717) is 12.0 Å². The highest BCUT2D eigenvalue weighted by atomic mass is 35.5. The van der Waals surface area contributed by atoms with Crippen LogP contribution in [0.25, 0.3) is 0 Å². The Kier molecular flexibility index (Phi) is 6.85. The molecule has 1 rings (SSSR count). The molecular formula is C11H17ClF2N2O2S. The average Bonchev–Trinajstić information content (AvgIpc) is 2.37. The predicted molar refractivity (Wildman–Crippen MR) is 72.3 cm³/mol. The largest absolute Gasteiger partial charge is 0.325 e. The molecule has 19 heavy (non-hydrogen) atoms. The van der Waals surface area contributed by atoms with Crippen LogP contribution >= 0.6 is 12.4 Å². The Hall–Kier alpha value is -0.760. The molecule has 0 bridgehead atoms. The zero-order chi connectivity index (χ0) is 13.8. The summed E-state index contributed by atoms with van der Waals surface area (Å²) in [6.07, 6.45) is 0.504. The smallest absolute Gasteiger partial charge is 0.273 e. The molecule has 0 aromatic heterocycles. The number of rotatable bonds is 6. The first kappa shape index (κ1) is 18.2. The summed E-state index contributed by atoms with van der Waals surface area (Å²) in [6, 6.07) is 6.29. The summed E-state index contributed by atoms with van der Waals surface area (Å²) in [6.45, 7) is -0.0995. The molecular weight excluding hydrogens is 298 g/mol. The van der Waals surface area contributed by atoms with Crippen molar-refractivity contribution in [2.24, 2.45) is 5.73 Å². The summed E-state index contributed by atoms with van der Waals surface area (Å²) in [5.74, 6) is -3.24. The third-order valence-electron chi connectivity index (χ3n) is 2.46. The van der Waals surface area contributed by atoms with E-state index < -0.39 is 29.0 Å². The highest BCUT2D eigenvalue weighted by Gasteiger charge is 2.29. The normalized spacial score (nSPS) is 12.0. The fourth-order valence-corrected chi connectivity index (χ4v) is 2.78. The summed E-state index contributed by atoms with van der Waals surface area (Å²) in [7, 11) is -3.93. The molecule has 0 amide bonds. The van der Waals surface area contributed by atoms with E-state index in [9.17, 15) is 17.2 Å². The van der Waals surface area contributed by atoms with Crippen LogP contribution in [-0.2, 0) is 16.4 Å². The molecule has 0 saturated carbocycles. The zero-order valence-corrected chi connectivity index (χ0v) is 12.0. The Morgan fingerprint density at radius 2 is 1.89 bits per heavy atom. The topological polar surface area (TPSA) is 72.2 Å². The maximum absolute atomic E-state index is 12.9. The lowest BCUT2D eigenvalue weighted by Gasteiger charge is -2.15. The molecule has 0 aliphatic rings. The second kappa shape index (κ2) is 7.14. The number of halogens is 3. The van der Waals surface area contributed by atoms with Crippen LogP contribution < -0.4 is 10.5 Å². The van der Waals surface area contributed by atoms with Gasteiger partial charge in [-0.1, -0.05) is 25.1 Å². The second-order valence-electron chi connectivity index (χ2n) is 3.85. The van der Waals surface area contributed by atoms with E-state index in [0.717, 1.165) is 0 Å². The SMILES string of the molecule is CCc1ccccc1S(=O)(=O)NCC(F)(F)CN.Cl. The first-order valence-corrected chi connectivity index (χ1v) is 6.96. The molecule has 1 aromatic rings. The standard InChI is InChI=1S/C11H16F2N2O2S.ClH/c1-2-9-5-3-4-6-10(9)18(16,17)15-8-11(12,13)7-14;/h3-6,15H,2,7-8,14H2,1H3;1H. The van der Waals surface area contributed by atoms with Crippen LogP contribution in [0.2, 0.25) is 0 Å². The van der Waals surface area contributed by atoms with Gasteiger partial charge in [-0.15, -0.1) is 12.4 Å². The van der Waals surface area contributed by atoms with Crippen LogP contribution in [0.5, 0.6) is 0 Å². The van der Waals surface area contributed by atoms with Crippen molar-refractivity contribution in [3.05, 3.63) is 29.8 Å². The molecule has 110 valence electrons. The molecule has 0 aliphatic heterocycles. The molecule has 0 saturated heterocycles. The second-order valence-corrected chi connectivity index (χ2v) is 5.58. The molecule has 4 nitrogen and oxygen atoms in total. The molecule has 1 aromatic carbocycles. The Bertz CT molecular complexity index is 509. The van der Waals surface area contributed by atoms with E-state index in [2.05, 4.69) is 0 Å². The van der Waals surface area contributed by atoms with E-state index in [4.69, 9.17) is 5.73 Å². The van der Waals surface area contributed by atoms with E-state index in [1.807, 2.05) is 4.72 Å². The minimum absolute atomic E-state index is 0. The molecule has 0 aliphatic carbocycles. The first-order valence-electron chi connectivity index (χ1n) is 5.48. The van der Waals surface area contributed by atoms with Gasteiger partial charge in [0.1, 0.15) is 0 Å². The van der Waals surface area contributed by atoms with Crippen LogP contribution in [0.15, 0.2) is 29.2 Å². The number of alkyl halides is 2. The summed E-state index contributed by atoms with van der Waals surface area (Å²) >= 11 is 0. The van der Waals surface area contributed by atoms with E-state index in [1.165, 1.54) is 6.07 Å². The van der Waals surface area contributed by atoms with Gasteiger partial charge in [-0.05, 0) is 18.1 Å². The zero-order valence-electron chi connectivity index (χ0n) is 10.4. The van der Waals surface area contributed by atoms with E-state index in [-0.39, 0.29) is 17.3 Å². The Labute approximate surface area is 117 Å². The van der Waals surface area contributed by atoms with Crippen molar-refractivity contribution in [2.75, 3.05) is 13.1 Å². The highest BCUT2D eigenvalue weighted by Crippen LogP contribution is 2.17. The van der Waals surface area contributed by atoms with Crippen LogP contribution in [-0.4, -0.2) is 27.4 Å². The molecule has 0 fully saturated rings. The third-order valence-corrected chi connectivity index (χ3v) is 3.96. The fraction of sp³-hybridized carbons (Fsp3) is 0.455. The van der Waals surface area contributed by atoms with Gasteiger partial charge in [-0.3, -0.25) is 0 Å². The molecule has 8 heteroatoms. The number of benzene rings is 1. The quantitative estimate of drug-likeness (QED) is 0.836. The maximum atomic E-state index is 12.9. The molecule has 3 N–H and O–H groups in total. The number of sulfonamides is 1. The molecule has 0 heterocycles. The fourth-order valence-electron chi connectivity index (χ4n) is 1.41. The third kappa shape index (κ3) is 5.02. The molecule has 0 spiro atoms. The number of hydrogen-bond acceptors (Lipinski definition) is 3. The van der Waals surface area contributed by atoms with Gasteiger partial charge in [-0.25, -0.2) is 21.9 Å². The minimum atomic E-state index is -3.93. The van der Waals surface area contributed by atoms with Crippen LogP contribution in [0.1, 0.15) is 12.5 Å². The lowest BCUT2D eigenvalue weighted by Crippen LogP contribution is -2.41. The van der Waals surface area contributed by atoms with Crippen molar-refractivity contribution in [1.29, 1.82) is 0 Å². The van der Waals surface area contributed by atoms with Gasteiger partial charge in [-0.2, -0.15) is 0 Å². The van der Waals surface area contributed by atoms with Crippen molar-refractivity contribution >= 4 is 22.4 Å². The lowest BCUT2D eigenvalue weighted by molar-refractivity contribution is 0.0170. The lowest BCUT2D eigenvalue weighted by atomic mass is 10.2. The van der Waals surface area contributed by atoms with Gasteiger partial charge in [0, 0.05) is 0 Å². The molecule has 0 radical (unpaired) electrons. The predicted octanol–water partition coefficient (Wildman–Crippen LogP) is 1.54. The summed E-state index contributed by atoms with van der Waals surface area (Å²) in [5.41, 5.74) is 5.43. The number of aryl methyl sites for hydroxylation is 1. The van der Waals surface area contributed by atoms with Gasteiger partial charge in [0.05, 0.1) is 18.0 Å². The van der Waals surface area contributed by atoms with Gasteiger partial charge in [0.25, 0.3) is 5.92 Å². The van der Waals surface area contributed by atoms with Gasteiger partial charge >= 0.3 is 0 Å². The Morgan fingerprint density at radius 1 is 1.32 bits per heavy atom. The summed E-state index contributed by atoms with van der Waals surface area (Å²) < 4.78 is 51.5. The van der Waals surface area contributed by atoms with Gasteiger partial charge < -0.3 is 5.73 Å². The van der Waals surface area contributed by atoms with Crippen LogP contribution in [0, 0.1) is 0 Å². The van der Waals surface area contributed by atoms with Crippen molar-refractivity contribution in [2.45, 2.75) is 24.2 Å². The minimum Gasteiger partial charge on any atom is -0.325 e. The van der Waals surface area contributed by atoms with E-state index >= 15 is 0 Å². The molecule has 0 unspecified atom stereocenters. The van der Waals surface area contributed by atoms with Gasteiger partial charge in [0.15, 0.2) is 0 Å². The average molecular weight is 315 g/mol. The van der Waals surface area contributed by atoms with Crippen molar-refractivity contribution in [3.8, 4) is 0 Å². The first-order chi connectivity index (χ1) is 8.32. The number of hydrogen-bond donors (Lipinski definition) is 2. The molecule has 0 atom stereocenters. The van der Waals surface area contributed by atoms with Crippen LogP contribution in [0.4, 0.5) is 8.78 Å². The highest BCUT2D eigenvalue weighted by molar-refractivity contribution is 7.89. The van der Waals surface area contributed by atoms with Crippen molar-refractivity contribution in [1.82, 2.24) is 4.72 Å². The summed E-state index contributed by atoms with van der Waals surface area (Å²) in [4.78, 5) is 0.0281.